The van der Waals surface area contributed by atoms with Gasteiger partial charge in [-0.3, -0.25) is 0 Å². The monoisotopic (exact) mass is 163 g/mol. The van der Waals surface area contributed by atoms with E-state index in [4.69, 9.17) is 0 Å². The molecule has 1 fully saturated rings. The summed E-state index contributed by atoms with van der Waals surface area (Å²) in [5.41, 5.74) is 1.43. The van der Waals surface area contributed by atoms with E-state index >= 15 is 0 Å². The van der Waals surface area contributed by atoms with Crippen molar-refractivity contribution in [2.24, 2.45) is 5.92 Å². The van der Waals surface area contributed by atoms with Crippen LogP contribution in [0.4, 0.5) is 0 Å². The third-order valence-corrected chi connectivity index (χ3v) is 2.29. The van der Waals surface area contributed by atoms with Gasteiger partial charge in [0.1, 0.15) is 0 Å². The lowest BCUT2D eigenvalue weighted by molar-refractivity contribution is 0.697. The van der Waals surface area contributed by atoms with Gasteiger partial charge in [0.25, 0.3) is 0 Å². The van der Waals surface area contributed by atoms with Gasteiger partial charge in [-0.15, -0.1) is 0 Å². The minimum atomic E-state index is 0.714. The first kappa shape index (κ1) is 9.27. The predicted molar refractivity (Wildman–Crippen MR) is 54.1 cm³/mol. The number of allylic oxidation sites excluding steroid dienone is 4. The molecular weight excluding hydrogens is 146 g/mol. The third kappa shape index (κ3) is 2.35. The topological polar surface area (TPSA) is 12.0 Å². The lowest BCUT2D eigenvalue weighted by Gasteiger charge is -2.08. The quantitative estimate of drug-likeness (QED) is 0.629. The second-order valence-corrected chi connectivity index (χ2v) is 3.07. The molecule has 0 spiro atoms. The van der Waals surface area contributed by atoms with E-state index in [2.05, 4.69) is 31.0 Å². The Hall–Kier alpha value is -0.820. The largest absolute Gasteiger partial charge is 0.316 e. The molecule has 1 rings (SSSR count). The van der Waals surface area contributed by atoms with E-state index in [1.807, 2.05) is 12.2 Å². The van der Waals surface area contributed by atoms with Crippen molar-refractivity contribution in [3.05, 3.63) is 36.5 Å². The summed E-state index contributed by atoms with van der Waals surface area (Å²) in [6, 6.07) is 0. The fourth-order valence-corrected chi connectivity index (χ4v) is 1.59. The SMILES string of the molecule is C=C/C=C\C(=C/C)[C@@H]1CCNC1. The van der Waals surface area contributed by atoms with Crippen LogP contribution < -0.4 is 5.32 Å². The summed E-state index contributed by atoms with van der Waals surface area (Å²) in [6.07, 6.45) is 9.45. The van der Waals surface area contributed by atoms with Crippen molar-refractivity contribution in [1.82, 2.24) is 5.32 Å². The summed E-state index contributed by atoms with van der Waals surface area (Å²) in [4.78, 5) is 0. The Morgan fingerprint density at radius 2 is 2.42 bits per heavy atom. The van der Waals surface area contributed by atoms with E-state index in [1.54, 1.807) is 0 Å². The number of hydrogen-bond acceptors (Lipinski definition) is 1. The van der Waals surface area contributed by atoms with Gasteiger partial charge in [-0.05, 0) is 31.4 Å². The molecule has 66 valence electrons. The summed E-state index contributed by atoms with van der Waals surface area (Å²) < 4.78 is 0. The van der Waals surface area contributed by atoms with Crippen molar-refractivity contribution < 1.29 is 0 Å². The van der Waals surface area contributed by atoms with Gasteiger partial charge in [-0.2, -0.15) is 0 Å². The maximum absolute atomic E-state index is 3.66. The van der Waals surface area contributed by atoms with Crippen LogP contribution in [0.2, 0.25) is 0 Å². The molecule has 0 unspecified atom stereocenters. The van der Waals surface area contributed by atoms with Crippen LogP contribution in [0.3, 0.4) is 0 Å². The summed E-state index contributed by atoms with van der Waals surface area (Å²) >= 11 is 0. The van der Waals surface area contributed by atoms with E-state index in [-0.39, 0.29) is 0 Å². The molecule has 1 aliphatic heterocycles. The van der Waals surface area contributed by atoms with Crippen LogP contribution in [0.15, 0.2) is 36.5 Å². The zero-order valence-corrected chi connectivity index (χ0v) is 7.72. The van der Waals surface area contributed by atoms with Gasteiger partial charge in [0.15, 0.2) is 0 Å². The van der Waals surface area contributed by atoms with E-state index in [1.165, 1.54) is 12.0 Å². The zero-order valence-electron chi connectivity index (χ0n) is 7.72. The molecule has 0 saturated carbocycles. The van der Waals surface area contributed by atoms with E-state index in [0.29, 0.717) is 5.92 Å². The summed E-state index contributed by atoms with van der Waals surface area (Å²) in [5, 5.41) is 3.36. The molecule has 1 nitrogen and oxygen atoms in total. The molecule has 0 aromatic carbocycles. The van der Waals surface area contributed by atoms with Crippen molar-refractivity contribution in [1.29, 1.82) is 0 Å². The van der Waals surface area contributed by atoms with Crippen molar-refractivity contribution in [2.45, 2.75) is 13.3 Å². The molecule has 1 saturated heterocycles. The van der Waals surface area contributed by atoms with E-state index < -0.39 is 0 Å². The highest BCUT2D eigenvalue weighted by Gasteiger charge is 2.15. The summed E-state index contributed by atoms with van der Waals surface area (Å²) in [6.45, 7) is 8.05. The molecule has 0 aliphatic carbocycles. The standard InChI is InChI=1S/C11H17N/c1-3-5-6-10(4-2)11-7-8-12-9-11/h3-6,11-12H,1,7-9H2,2H3/b6-5-,10-4+/t11-/m1/s1. The lowest BCUT2D eigenvalue weighted by Crippen LogP contribution is -2.09. The molecular formula is C11H17N. The van der Waals surface area contributed by atoms with Gasteiger partial charge in [-0.25, -0.2) is 0 Å². The van der Waals surface area contributed by atoms with Crippen LogP contribution in [-0.2, 0) is 0 Å². The van der Waals surface area contributed by atoms with Crippen LogP contribution in [0.25, 0.3) is 0 Å². The van der Waals surface area contributed by atoms with Gasteiger partial charge in [0.2, 0.25) is 0 Å². The lowest BCUT2D eigenvalue weighted by atomic mass is 9.98. The van der Waals surface area contributed by atoms with Gasteiger partial charge in [0, 0.05) is 6.54 Å². The molecule has 12 heavy (non-hydrogen) atoms. The van der Waals surface area contributed by atoms with E-state index in [9.17, 15) is 0 Å². The number of nitrogens with one attached hydrogen (secondary N) is 1. The van der Waals surface area contributed by atoms with Crippen molar-refractivity contribution in [2.75, 3.05) is 13.1 Å². The predicted octanol–water partition coefficient (Wildman–Crippen LogP) is 2.28. The second kappa shape index (κ2) is 4.94. The fraction of sp³-hybridized carbons (Fsp3) is 0.455. The first-order valence-electron chi connectivity index (χ1n) is 4.54. The Morgan fingerprint density at radius 3 is 2.92 bits per heavy atom. The smallest absolute Gasteiger partial charge is 0.00205 e. The maximum Gasteiger partial charge on any atom is 0.00205 e. The summed E-state index contributed by atoms with van der Waals surface area (Å²) in [7, 11) is 0. The highest BCUT2D eigenvalue weighted by atomic mass is 14.9. The molecule has 1 N–H and O–H groups in total. The molecule has 1 heteroatoms. The molecule has 1 heterocycles. The highest BCUT2D eigenvalue weighted by molar-refractivity contribution is 5.24. The molecule has 0 aromatic rings. The Balaban J connectivity index is 2.55. The zero-order chi connectivity index (χ0) is 8.81. The number of hydrogen-bond donors (Lipinski definition) is 1. The molecule has 0 radical (unpaired) electrons. The maximum atomic E-state index is 3.66. The third-order valence-electron chi connectivity index (χ3n) is 2.29. The molecule has 0 amide bonds. The Kier molecular flexibility index (Phi) is 3.81. The van der Waals surface area contributed by atoms with Crippen LogP contribution in [0.1, 0.15) is 13.3 Å². The average Bonchev–Trinajstić information content (AvgIpc) is 2.59. The van der Waals surface area contributed by atoms with Gasteiger partial charge < -0.3 is 5.32 Å². The molecule has 0 bridgehead atoms. The number of rotatable bonds is 3. The first-order valence-corrected chi connectivity index (χ1v) is 4.54. The second-order valence-electron chi connectivity index (χ2n) is 3.07. The Bertz CT molecular complexity index is 195. The van der Waals surface area contributed by atoms with Crippen molar-refractivity contribution >= 4 is 0 Å². The van der Waals surface area contributed by atoms with Crippen molar-refractivity contribution in [3.8, 4) is 0 Å². The minimum absolute atomic E-state index is 0.714. The first-order chi connectivity index (χ1) is 5.88. The van der Waals surface area contributed by atoms with Gasteiger partial charge >= 0.3 is 0 Å². The Labute approximate surface area is 74.9 Å². The normalized spacial score (nSPS) is 25.1. The van der Waals surface area contributed by atoms with Crippen LogP contribution in [-0.4, -0.2) is 13.1 Å². The molecule has 0 aromatic heterocycles. The highest BCUT2D eigenvalue weighted by Crippen LogP contribution is 2.19. The van der Waals surface area contributed by atoms with Gasteiger partial charge in [-0.1, -0.05) is 30.9 Å². The minimum Gasteiger partial charge on any atom is -0.316 e. The summed E-state index contributed by atoms with van der Waals surface area (Å²) in [5.74, 6) is 0.714. The van der Waals surface area contributed by atoms with Crippen LogP contribution in [0, 0.1) is 5.92 Å². The molecule has 1 atom stereocenters. The van der Waals surface area contributed by atoms with Gasteiger partial charge in [0.05, 0.1) is 0 Å². The average molecular weight is 163 g/mol. The van der Waals surface area contributed by atoms with Crippen LogP contribution >= 0.6 is 0 Å². The fourth-order valence-electron chi connectivity index (χ4n) is 1.59. The Morgan fingerprint density at radius 1 is 1.58 bits per heavy atom. The van der Waals surface area contributed by atoms with Crippen LogP contribution in [0.5, 0.6) is 0 Å². The molecule has 1 aliphatic rings. The van der Waals surface area contributed by atoms with Crippen molar-refractivity contribution in [3.63, 3.8) is 0 Å². The van der Waals surface area contributed by atoms with E-state index in [0.717, 1.165) is 13.1 Å².